The van der Waals surface area contributed by atoms with Gasteiger partial charge < -0.3 is 14.9 Å². The molecule has 1 aromatic carbocycles. The lowest BCUT2D eigenvalue weighted by Crippen LogP contribution is -2.05. The van der Waals surface area contributed by atoms with Crippen molar-refractivity contribution in [2.45, 2.75) is 20.8 Å². The Morgan fingerprint density at radius 3 is 2.73 bits per heavy atom. The second-order valence-corrected chi connectivity index (χ2v) is 5.89. The molecule has 5 nitrogen and oxygen atoms in total. The quantitative estimate of drug-likeness (QED) is 0.665. The van der Waals surface area contributed by atoms with Gasteiger partial charge in [-0.25, -0.2) is 9.79 Å². The molecule has 2 aromatic rings. The second kappa shape index (κ2) is 6.62. The molecule has 0 saturated heterocycles. The summed E-state index contributed by atoms with van der Waals surface area (Å²) in [4.78, 5) is 17.3. The predicted octanol–water partition coefficient (Wildman–Crippen LogP) is 3.70. The number of rotatable bonds is 4. The van der Waals surface area contributed by atoms with Gasteiger partial charge in [-0.3, -0.25) is 0 Å². The van der Waals surface area contributed by atoms with Crippen molar-refractivity contribution in [1.82, 2.24) is 0 Å². The minimum atomic E-state index is -0.397. The molecule has 0 bridgehead atoms. The van der Waals surface area contributed by atoms with E-state index in [0.29, 0.717) is 22.7 Å². The van der Waals surface area contributed by atoms with Gasteiger partial charge in [-0.2, -0.15) is 0 Å². The molecule has 1 aromatic heterocycles. The summed E-state index contributed by atoms with van der Waals surface area (Å²) in [7, 11) is 0. The first-order valence-corrected chi connectivity index (χ1v) is 7.58. The molecule has 22 heavy (non-hydrogen) atoms. The highest BCUT2D eigenvalue weighted by Crippen LogP contribution is 2.35. The Bertz CT molecular complexity index is 734. The van der Waals surface area contributed by atoms with Crippen molar-refractivity contribution in [2.24, 2.45) is 4.99 Å². The third-order valence-electron chi connectivity index (χ3n) is 3.18. The maximum Gasteiger partial charge on any atom is 0.341 e. The molecule has 0 aliphatic carbocycles. The van der Waals surface area contributed by atoms with Crippen LogP contribution in [0.25, 0.3) is 0 Å². The fraction of sp³-hybridized carbons (Fsp3) is 0.250. The molecular formula is C16H17NO4S. The van der Waals surface area contributed by atoms with E-state index in [2.05, 4.69) is 4.99 Å². The maximum absolute atomic E-state index is 12.1. The number of aliphatic imine (C=N–C) groups is 1. The first-order valence-electron chi connectivity index (χ1n) is 6.77. The number of carbonyl (C=O) groups is 1. The number of aromatic hydroxyl groups is 2. The van der Waals surface area contributed by atoms with Crippen LogP contribution in [0.15, 0.2) is 23.2 Å². The van der Waals surface area contributed by atoms with Crippen LogP contribution in [0.1, 0.15) is 33.3 Å². The summed E-state index contributed by atoms with van der Waals surface area (Å²) in [6.45, 7) is 5.83. The number of hydrogen-bond acceptors (Lipinski definition) is 6. The maximum atomic E-state index is 12.1. The number of nitrogens with zero attached hydrogens (tertiary/aromatic N) is 1. The molecule has 0 spiro atoms. The molecule has 0 aliphatic rings. The molecule has 2 N–H and O–H groups in total. The molecule has 6 heteroatoms. The van der Waals surface area contributed by atoms with Crippen LogP contribution in [0.5, 0.6) is 11.5 Å². The van der Waals surface area contributed by atoms with E-state index in [4.69, 9.17) is 4.74 Å². The summed E-state index contributed by atoms with van der Waals surface area (Å²) in [5.41, 5.74) is 1.76. The zero-order chi connectivity index (χ0) is 16.3. The van der Waals surface area contributed by atoms with Crippen molar-refractivity contribution in [1.29, 1.82) is 0 Å². The largest absolute Gasteiger partial charge is 0.508 e. The van der Waals surface area contributed by atoms with Gasteiger partial charge in [0.15, 0.2) is 0 Å². The number of thiophene rings is 1. The zero-order valence-corrected chi connectivity index (χ0v) is 13.4. The molecule has 0 unspecified atom stereocenters. The molecule has 1 heterocycles. The average Bonchev–Trinajstić information content (AvgIpc) is 2.73. The molecule has 0 fully saturated rings. The number of carbonyl (C=O) groups excluding carboxylic acids is 1. The predicted molar refractivity (Wildman–Crippen MR) is 86.8 cm³/mol. The highest BCUT2D eigenvalue weighted by Gasteiger charge is 2.20. The Morgan fingerprint density at radius 2 is 2.09 bits per heavy atom. The lowest BCUT2D eigenvalue weighted by Gasteiger charge is -2.03. The molecule has 0 radical (unpaired) electrons. The lowest BCUT2D eigenvalue weighted by atomic mass is 10.1. The van der Waals surface area contributed by atoms with E-state index in [1.807, 2.05) is 13.8 Å². The number of aryl methyl sites for hydroxylation is 1. The first kappa shape index (κ1) is 16.0. The third kappa shape index (κ3) is 3.28. The number of hydrogen-bond donors (Lipinski definition) is 2. The fourth-order valence-electron chi connectivity index (χ4n) is 1.91. The van der Waals surface area contributed by atoms with Crippen molar-refractivity contribution in [3.8, 4) is 11.5 Å². The van der Waals surface area contributed by atoms with Gasteiger partial charge in [0.25, 0.3) is 0 Å². The summed E-state index contributed by atoms with van der Waals surface area (Å²) >= 11 is 1.39. The summed E-state index contributed by atoms with van der Waals surface area (Å²) in [5, 5.41) is 19.6. The monoisotopic (exact) mass is 319 g/mol. The van der Waals surface area contributed by atoms with Gasteiger partial charge >= 0.3 is 5.97 Å². The van der Waals surface area contributed by atoms with Gasteiger partial charge in [-0.1, -0.05) is 0 Å². The van der Waals surface area contributed by atoms with Gasteiger partial charge in [0.05, 0.1) is 12.2 Å². The molecule has 2 rings (SSSR count). The molecule has 0 saturated carbocycles. The van der Waals surface area contributed by atoms with Crippen LogP contribution in [-0.2, 0) is 4.74 Å². The van der Waals surface area contributed by atoms with Crippen LogP contribution >= 0.6 is 11.3 Å². The minimum Gasteiger partial charge on any atom is -0.508 e. The summed E-state index contributed by atoms with van der Waals surface area (Å²) in [6.07, 6.45) is 1.46. The fourth-order valence-corrected chi connectivity index (χ4v) is 2.90. The summed E-state index contributed by atoms with van der Waals surface area (Å²) in [6, 6.07) is 4.24. The van der Waals surface area contributed by atoms with E-state index in [-0.39, 0.29) is 11.5 Å². The number of ether oxygens (including phenoxy) is 1. The Hall–Kier alpha value is -2.34. The second-order valence-electron chi connectivity index (χ2n) is 4.69. The van der Waals surface area contributed by atoms with Crippen molar-refractivity contribution < 1.29 is 19.7 Å². The molecular weight excluding hydrogens is 302 g/mol. The van der Waals surface area contributed by atoms with Crippen molar-refractivity contribution in [3.63, 3.8) is 0 Å². The van der Waals surface area contributed by atoms with Crippen LogP contribution < -0.4 is 0 Å². The zero-order valence-electron chi connectivity index (χ0n) is 12.6. The minimum absolute atomic E-state index is 0.0234. The van der Waals surface area contributed by atoms with Crippen molar-refractivity contribution in [2.75, 3.05) is 6.61 Å². The topological polar surface area (TPSA) is 79.1 Å². The smallest absolute Gasteiger partial charge is 0.341 e. The third-order valence-corrected chi connectivity index (χ3v) is 4.30. The highest BCUT2D eigenvalue weighted by atomic mass is 32.1. The Kier molecular flexibility index (Phi) is 4.82. The average molecular weight is 319 g/mol. The van der Waals surface area contributed by atoms with Crippen LogP contribution in [0.3, 0.4) is 0 Å². The van der Waals surface area contributed by atoms with Crippen LogP contribution in [0.4, 0.5) is 5.00 Å². The van der Waals surface area contributed by atoms with Crippen LogP contribution in [0.2, 0.25) is 0 Å². The van der Waals surface area contributed by atoms with Gasteiger partial charge in [-0.15, -0.1) is 11.3 Å². The van der Waals surface area contributed by atoms with E-state index in [9.17, 15) is 15.0 Å². The van der Waals surface area contributed by atoms with E-state index < -0.39 is 5.97 Å². The van der Waals surface area contributed by atoms with Crippen molar-refractivity contribution in [3.05, 3.63) is 39.8 Å². The van der Waals surface area contributed by atoms with Crippen molar-refractivity contribution >= 4 is 28.5 Å². The van der Waals surface area contributed by atoms with E-state index in [1.54, 1.807) is 13.0 Å². The lowest BCUT2D eigenvalue weighted by molar-refractivity contribution is 0.0527. The summed E-state index contributed by atoms with van der Waals surface area (Å²) in [5.74, 6) is -0.498. The normalized spacial score (nSPS) is 11.0. The Balaban J connectivity index is 2.39. The van der Waals surface area contributed by atoms with Gasteiger partial charge in [0.2, 0.25) is 0 Å². The standard InChI is InChI=1S/C16H17NO4S/c1-4-21-16(20)14-9(2)10(3)22-15(14)17-8-11-5-6-12(18)7-13(11)19/h5-8,18-19H,4H2,1-3H3. The van der Waals surface area contributed by atoms with Crippen LogP contribution in [0, 0.1) is 13.8 Å². The van der Waals surface area contributed by atoms with E-state index in [1.165, 1.54) is 29.7 Å². The SMILES string of the molecule is CCOC(=O)c1c(N=Cc2ccc(O)cc2O)sc(C)c1C. The van der Waals surface area contributed by atoms with Crippen LogP contribution in [-0.4, -0.2) is 29.0 Å². The summed E-state index contributed by atoms with van der Waals surface area (Å²) < 4.78 is 5.07. The first-order chi connectivity index (χ1) is 10.4. The number of benzene rings is 1. The van der Waals surface area contributed by atoms with Gasteiger partial charge in [0, 0.05) is 22.7 Å². The molecule has 0 aliphatic heterocycles. The molecule has 0 atom stereocenters. The highest BCUT2D eigenvalue weighted by molar-refractivity contribution is 7.16. The van der Waals surface area contributed by atoms with Gasteiger partial charge in [-0.05, 0) is 38.5 Å². The van der Waals surface area contributed by atoms with E-state index in [0.717, 1.165) is 10.4 Å². The molecule has 0 amide bonds. The van der Waals surface area contributed by atoms with E-state index >= 15 is 0 Å². The number of phenolic OH excluding ortho intramolecular Hbond substituents is 2. The number of phenols is 2. The molecule has 116 valence electrons. The van der Waals surface area contributed by atoms with Gasteiger partial charge in [0.1, 0.15) is 16.5 Å². The number of esters is 1. The Morgan fingerprint density at radius 1 is 1.36 bits per heavy atom. The Labute approximate surface area is 132 Å².